The summed E-state index contributed by atoms with van der Waals surface area (Å²) < 4.78 is 7.66. The number of methoxy groups -OCH3 is 1. The molecular formula is C15H21N3O3S. The second kappa shape index (κ2) is 7.11. The van der Waals surface area contributed by atoms with E-state index >= 15 is 0 Å². The minimum absolute atomic E-state index is 0.288. The van der Waals surface area contributed by atoms with Crippen LogP contribution in [0.5, 0.6) is 0 Å². The van der Waals surface area contributed by atoms with Gasteiger partial charge in [0.05, 0.1) is 12.0 Å². The molecule has 0 aliphatic carbocycles. The maximum absolute atomic E-state index is 12.6. The Morgan fingerprint density at radius 2 is 2.00 bits per heavy atom. The van der Waals surface area contributed by atoms with Crippen molar-refractivity contribution in [3.05, 3.63) is 32.6 Å². The molecule has 0 atom stereocenters. The summed E-state index contributed by atoms with van der Waals surface area (Å²) in [6.07, 6.45) is 3.60. The zero-order valence-electron chi connectivity index (χ0n) is 13.4. The highest BCUT2D eigenvalue weighted by molar-refractivity contribution is 7.99. The van der Waals surface area contributed by atoms with E-state index in [1.807, 2.05) is 0 Å². The fraction of sp³-hybridized carbons (Fsp3) is 0.533. The van der Waals surface area contributed by atoms with Crippen molar-refractivity contribution in [1.29, 1.82) is 0 Å². The van der Waals surface area contributed by atoms with Crippen LogP contribution in [-0.4, -0.2) is 33.6 Å². The average Bonchev–Trinajstić information content (AvgIpc) is 2.52. The molecule has 0 aliphatic rings. The predicted molar refractivity (Wildman–Crippen MR) is 88.8 cm³/mol. The second-order valence-corrected chi connectivity index (χ2v) is 6.21. The lowest BCUT2D eigenvalue weighted by Crippen LogP contribution is -2.37. The Hall–Kier alpha value is -1.60. The number of hydrogen-bond donors (Lipinski definition) is 0. The molecule has 2 rings (SSSR count). The largest absolute Gasteiger partial charge is 0.384 e. The van der Waals surface area contributed by atoms with Gasteiger partial charge in [-0.15, -0.1) is 11.8 Å². The number of ether oxygens (including phenoxy) is 1. The quantitative estimate of drug-likeness (QED) is 0.592. The Morgan fingerprint density at radius 3 is 2.64 bits per heavy atom. The Labute approximate surface area is 133 Å². The highest BCUT2D eigenvalue weighted by Gasteiger charge is 2.17. The smallest absolute Gasteiger partial charge is 0.332 e. The van der Waals surface area contributed by atoms with Crippen molar-refractivity contribution in [3.8, 4) is 0 Å². The zero-order chi connectivity index (χ0) is 16.3. The van der Waals surface area contributed by atoms with E-state index in [1.54, 1.807) is 32.1 Å². The van der Waals surface area contributed by atoms with Gasteiger partial charge < -0.3 is 4.74 Å². The van der Waals surface area contributed by atoms with Gasteiger partial charge in [0.25, 0.3) is 5.56 Å². The van der Waals surface area contributed by atoms with E-state index in [0.29, 0.717) is 17.6 Å². The Morgan fingerprint density at radius 1 is 1.27 bits per heavy atom. The minimum atomic E-state index is -0.360. The van der Waals surface area contributed by atoms with Crippen LogP contribution in [0.2, 0.25) is 0 Å². The van der Waals surface area contributed by atoms with Gasteiger partial charge in [0, 0.05) is 38.1 Å². The molecule has 22 heavy (non-hydrogen) atoms. The van der Waals surface area contributed by atoms with Crippen molar-refractivity contribution < 1.29 is 4.74 Å². The number of rotatable bonds is 6. The lowest BCUT2D eigenvalue weighted by Gasteiger charge is -2.13. The molecule has 2 heterocycles. The first-order chi connectivity index (χ1) is 10.5. The monoisotopic (exact) mass is 323 g/mol. The van der Waals surface area contributed by atoms with Crippen LogP contribution < -0.4 is 11.2 Å². The van der Waals surface area contributed by atoms with Crippen LogP contribution in [0, 0.1) is 0 Å². The zero-order valence-corrected chi connectivity index (χ0v) is 14.2. The standard InChI is InChI=1S/C15H21N3O3S/c1-5-6-10-9-16-13-11(12(10)22-8-7-21-4)14(19)18(3)15(20)17(13)2/h9H,5-8H2,1-4H3. The Bertz CT molecular complexity index is 795. The van der Waals surface area contributed by atoms with Gasteiger partial charge in [-0.05, 0) is 12.0 Å². The summed E-state index contributed by atoms with van der Waals surface area (Å²) in [5.41, 5.74) is 0.837. The molecule has 2 aromatic rings. The van der Waals surface area contributed by atoms with E-state index < -0.39 is 0 Å². The highest BCUT2D eigenvalue weighted by atomic mass is 32.2. The molecule has 0 fully saturated rings. The van der Waals surface area contributed by atoms with E-state index in [9.17, 15) is 9.59 Å². The first-order valence-electron chi connectivity index (χ1n) is 7.22. The number of aryl methyl sites for hydroxylation is 2. The Balaban J connectivity index is 2.77. The molecule has 0 saturated carbocycles. The summed E-state index contributed by atoms with van der Waals surface area (Å²) >= 11 is 1.58. The van der Waals surface area contributed by atoms with E-state index in [4.69, 9.17) is 4.74 Å². The van der Waals surface area contributed by atoms with Crippen molar-refractivity contribution in [2.45, 2.75) is 24.7 Å². The summed E-state index contributed by atoms with van der Waals surface area (Å²) in [4.78, 5) is 29.9. The number of aromatic nitrogens is 3. The first kappa shape index (κ1) is 16.8. The molecule has 0 amide bonds. The lowest BCUT2D eigenvalue weighted by atomic mass is 10.1. The molecule has 0 N–H and O–H groups in total. The summed E-state index contributed by atoms with van der Waals surface area (Å²) in [6.45, 7) is 2.69. The number of nitrogens with zero attached hydrogens (tertiary/aromatic N) is 3. The van der Waals surface area contributed by atoms with Gasteiger partial charge in [-0.25, -0.2) is 9.78 Å². The van der Waals surface area contributed by atoms with Crippen LogP contribution in [0.3, 0.4) is 0 Å². The van der Waals surface area contributed by atoms with Crippen LogP contribution in [0.25, 0.3) is 11.0 Å². The van der Waals surface area contributed by atoms with Crippen LogP contribution in [0.4, 0.5) is 0 Å². The third-order valence-corrected chi connectivity index (χ3v) is 4.67. The SMILES string of the molecule is CCCc1cnc2c(c1SCCOC)c(=O)n(C)c(=O)n2C. The van der Waals surface area contributed by atoms with Gasteiger partial charge in [0.1, 0.15) is 5.65 Å². The van der Waals surface area contributed by atoms with E-state index in [0.717, 1.165) is 33.6 Å². The molecule has 0 aromatic carbocycles. The molecule has 0 radical (unpaired) electrons. The van der Waals surface area contributed by atoms with Crippen molar-refractivity contribution in [2.75, 3.05) is 19.5 Å². The number of thioether (sulfide) groups is 1. The van der Waals surface area contributed by atoms with Gasteiger partial charge in [-0.3, -0.25) is 13.9 Å². The molecule has 0 bridgehead atoms. The van der Waals surface area contributed by atoms with Crippen molar-refractivity contribution in [1.82, 2.24) is 14.1 Å². The number of hydrogen-bond acceptors (Lipinski definition) is 5. The van der Waals surface area contributed by atoms with Crippen LogP contribution in [0.15, 0.2) is 20.7 Å². The number of fused-ring (bicyclic) bond motifs is 1. The molecule has 0 unspecified atom stereocenters. The predicted octanol–water partition coefficient (Wildman–Crippen LogP) is 1.32. The van der Waals surface area contributed by atoms with Crippen molar-refractivity contribution >= 4 is 22.8 Å². The molecular weight excluding hydrogens is 302 g/mol. The molecule has 6 nitrogen and oxygen atoms in total. The molecule has 0 spiro atoms. The van der Waals surface area contributed by atoms with Crippen LogP contribution in [0.1, 0.15) is 18.9 Å². The van der Waals surface area contributed by atoms with E-state index in [1.165, 1.54) is 11.6 Å². The Kier molecular flexibility index (Phi) is 5.42. The van der Waals surface area contributed by atoms with Gasteiger partial charge in [-0.1, -0.05) is 13.3 Å². The minimum Gasteiger partial charge on any atom is -0.384 e. The summed E-state index contributed by atoms with van der Waals surface area (Å²) in [7, 11) is 4.79. The summed E-state index contributed by atoms with van der Waals surface area (Å²) in [6, 6.07) is 0. The topological polar surface area (TPSA) is 66.1 Å². The first-order valence-corrected chi connectivity index (χ1v) is 8.20. The number of pyridine rings is 1. The van der Waals surface area contributed by atoms with Crippen molar-refractivity contribution in [2.24, 2.45) is 14.1 Å². The fourth-order valence-corrected chi connectivity index (χ4v) is 3.50. The fourth-order valence-electron chi connectivity index (χ4n) is 2.38. The molecule has 0 saturated heterocycles. The average molecular weight is 323 g/mol. The van der Waals surface area contributed by atoms with Gasteiger partial charge >= 0.3 is 5.69 Å². The lowest BCUT2D eigenvalue weighted by molar-refractivity contribution is 0.218. The molecule has 7 heteroatoms. The molecule has 120 valence electrons. The maximum atomic E-state index is 12.6. The highest BCUT2D eigenvalue weighted by Crippen LogP contribution is 2.28. The van der Waals surface area contributed by atoms with Crippen LogP contribution in [-0.2, 0) is 25.3 Å². The normalized spacial score (nSPS) is 11.3. The molecule has 0 aliphatic heterocycles. The molecule has 2 aromatic heterocycles. The summed E-state index contributed by atoms with van der Waals surface area (Å²) in [5.74, 6) is 0.748. The summed E-state index contributed by atoms with van der Waals surface area (Å²) in [5, 5.41) is 0.525. The second-order valence-electron chi connectivity index (χ2n) is 5.11. The van der Waals surface area contributed by atoms with Gasteiger partial charge in [0.15, 0.2) is 0 Å². The third kappa shape index (κ3) is 2.96. The van der Waals surface area contributed by atoms with Gasteiger partial charge in [-0.2, -0.15) is 0 Å². The van der Waals surface area contributed by atoms with E-state index in [-0.39, 0.29) is 11.2 Å². The van der Waals surface area contributed by atoms with E-state index in [2.05, 4.69) is 11.9 Å². The maximum Gasteiger partial charge on any atom is 0.332 e. The van der Waals surface area contributed by atoms with Crippen molar-refractivity contribution in [3.63, 3.8) is 0 Å². The van der Waals surface area contributed by atoms with Gasteiger partial charge in [0.2, 0.25) is 0 Å². The third-order valence-electron chi connectivity index (χ3n) is 3.55. The van der Waals surface area contributed by atoms with Crippen LogP contribution >= 0.6 is 11.8 Å².